The monoisotopic (exact) mass is 446 g/mol. The van der Waals surface area contributed by atoms with Gasteiger partial charge in [-0.05, 0) is 48.9 Å². The fraction of sp³-hybridized carbons (Fsp3) is 0.0833. The van der Waals surface area contributed by atoms with E-state index in [4.69, 9.17) is 9.73 Å². The summed E-state index contributed by atoms with van der Waals surface area (Å²) < 4.78 is 6.12. The normalized spacial score (nSPS) is 15.0. The molecular formula is C24H19BrN2O2. The van der Waals surface area contributed by atoms with Crippen molar-refractivity contribution in [2.24, 2.45) is 4.99 Å². The Morgan fingerprint density at radius 3 is 2.31 bits per heavy atom. The second-order valence-electron chi connectivity index (χ2n) is 6.69. The minimum Gasteiger partial charge on any atom is -0.497 e. The number of ether oxygens (including phenoxy) is 1. The highest BCUT2D eigenvalue weighted by atomic mass is 79.9. The average Bonchev–Trinajstić information content (AvgIpc) is 3.06. The first kappa shape index (κ1) is 19.2. The summed E-state index contributed by atoms with van der Waals surface area (Å²) >= 11 is 3.59. The molecule has 4 rings (SSSR count). The van der Waals surface area contributed by atoms with E-state index in [-0.39, 0.29) is 5.91 Å². The van der Waals surface area contributed by atoms with Crippen molar-refractivity contribution in [3.63, 3.8) is 0 Å². The van der Waals surface area contributed by atoms with E-state index >= 15 is 0 Å². The number of amidine groups is 1. The van der Waals surface area contributed by atoms with Crippen LogP contribution in [0.25, 0.3) is 6.08 Å². The molecule has 144 valence electrons. The molecule has 1 amide bonds. The third-order valence-electron chi connectivity index (χ3n) is 4.69. The van der Waals surface area contributed by atoms with Gasteiger partial charge in [-0.15, -0.1) is 0 Å². The summed E-state index contributed by atoms with van der Waals surface area (Å²) in [5.74, 6) is 1.16. The fourth-order valence-corrected chi connectivity index (χ4v) is 3.59. The van der Waals surface area contributed by atoms with Crippen LogP contribution in [0.3, 0.4) is 0 Å². The summed E-state index contributed by atoms with van der Waals surface area (Å²) in [6, 6.07) is 23.2. The molecule has 0 saturated carbocycles. The van der Waals surface area contributed by atoms with Crippen LogP contribution >= 0.6 is 15.9 Å². The van der Waals surface area contributed by atoms with Gasteiger partial charge in [-0.1, -0.05) is 64.0 Å². The minimum absolute atomic E-state index is 0.165. The molecule has 0 N–H and O–H groups in total. The molecule has 0 aliphatic carbocycles. The van der Waals surface area contributed by atoms with Gasteiger partial charge >= 0.3 is 0 Å². The van der Waals surface area contributed by atoms with Crippen LogP contribution in [0.4, 0.5) is 5.69 Å². The Hall–Kier alpha value is -3.18. The zero-order valence-electron chi connectivity index (χ0n) is 16.1. The molecule has 0 atom stereocenters. The van der Waals surface area contributed by atoms with E-state index in [1.54, 1.807) is 12.0 Å². The van der Waals surface area contributed by atoms with Crippen LogP contribution in [0.2, 0.25) is 0 Å². The smallest absolute Gasteiger partial charge is 0.282 e. The number of halogens is 1. The maximum atomic E-state index is 13.3. The lowest BCUT2D eigenvalue weighted by Crippen LogP contribution is -2.32. The number of methoxy groups -OCH3 is 1. The van der Waals surface area contributed by atoms with Crippen LogP contribution in [-0.2, 0) is 4.79 Å². The number of anilines is 1. The first-order chi connectivity index (χ1) is 14.1. The predicted octanol–water partition coefficient (Wildman–Crippen LogP) is 5.60. The van der Waals surface area contributed by atoms with Crippen molar-refractivity contribution in [3.05, 3.63) is 99.7 Å². The van der Waals surface area contributed by atoms with Crippen molar-refractivity contribution < 1.29 is 9.53 Å². The van der Waals surface area contributed by atoms with E-state index in [2.05, 4.69) is 15.9 Å². The maximum Gasteiger partial charge on any atom is 0.282 e. The van der Waals surface area contributed by atoms with E-state index in [0.717, 1.165) is 27.0 Å². The first-order valence-corrected chi connectivity index (χ1v) is 9.96. The van der Waals surface area contributed by atoms with Crippen LogP contribution in [0, 0.1) is 6.92 Å². The summed E-state index contributed by atoms with van der Waals surface area (Å²) in [4.78, 5) is 19.7. The molecule has 0 saturated heterocycles. The van der Waals surface area contributed by atoms with Gasteiger partial charge in [0.25, 0.3) is 5.91 Å². The summed E-state index contributed by atoms with van der Waals surface area (Å²) in [5, 5.41) is 0. The van der Waals surface area contributed by atoms with Gasteiger partial charge in [0.2, 0.25) is 0 Å². The van der Waals surface area contributed by atoms with Crippen molar-refractivity contribution in [3.8, 4) is 5.75 Å². The molecule has 4 nitrogen and oxygen atoms in total. The largest absolute Gasteiger partial charge is 0.497 e. The Morgan fingerprint density at radius 2 is 1.66 bits per heavy atom. The van der Waals surface area contributed by atoms with Crippen molar-refractivity contribution in [1.82, 2.24) is 0 Å². The molecule has 0 unspecified atom stereocenters. The molecule has 1 heterocycles. The number of carbonyl (C=O) groups excluding carboxylic acids is 1. The number of amides is 1. The molecule has 0 fully saturated rings. The average molecular weight is 447 g/mol. The molecule has 1 aliphatic rings. The Kier molecular flexibility index (Phi) is 5.32. The molecule has 3 aromatic carbocycles. The zero-order chi connectivity index (χ0) is 20.4. The molecule has 5 heteroatoms. The summed E-state index contributed by atoms with van der Waals surface area (Å²) in [6.07, 6.45) is 1.82. The lowest BCUT2D eigenvalue weighted by molar-refractivity contribution is -0.113. The van der Waals surface area contributed by atoms with E-state index in [1.165, 1.54) is 5.56 Å². The number of carbonyl (C=O) groups is 1. The second-order valence-corrected chi connectivity index (χ2v) is 7.55. The highest BCUT2D eigenvalue weighted by Gasteiger charge is 2.33. The van der Waals surface area contributed by atoms with E-state index in [0.29, 0.717) is 11.5 Å². The van der Waals surface area contributed by atoms with Gasteiger partial charge in [-0.2, -0.15) is 0 Å². The number of hydrogen-bond donors (Lipinski definition) is 0. The van der Waals surface area contributed by atoms with Crippen LogP contribution in [-0.4, -0.2) is 18.9 Å². The highest BCUT2D eigenvalue weighted by molar-refractivity contribution is 9.10. The van der Waals surface area contributed by atoms with Crippen molar-refractivity contribution in [2.75, 3.05) is 12.0 Å². The Labute approximate surface area is 178 Å². The number of rotatable bonds is 4. The number of benzene rings is 3. The van der Waals surface area contributed by atoms with Crippen molar-refractivity contribution in [2.45, 2.75) is 6.92 Å². The van der Waals surface area contributed by atoms with Gasteiger partial charge in [0.1, 0.15) is 17.3 Å². The molecule has 1 aliphatic heterocycles. The molecule has 0 radical (unpaired) electrons. The molecule has 3 aromatic rings. The summed E-state index contributed by atoms with van der Waals surface area (Å²) in [7, 11) is 1.62. The molecule has 0 spiro atoms. The van der Waals surface area contributed by atoms with Crippen LogP contribution in [0.5, 0.6) is 5.75 Å². The lowest BCUT2D eigenvalue weighted by Gasteiger charge is -2.19. The van der Waals surface area contributed by atoms with E-state index in [1.807, 2.05) is 85.8 Å². The Balaban J connectivity index is 1.82. The quantitative estimate of drug-likeness (QED) is 0.489. The molecule has 0 aromatic heterocycles. The lowest BCUT2D eigenvalue weighted by atomic mass is 10.1. The van der Waals surface area contributed by atoms with Gasteiger partial charge in [0, 0.05) is 10.0 Å². The minimum atomic E-state index is -0.165. The molecule has 29 heavy (non-hydrogen) atoms. The van der Waals surface area contributed by atoms with E-state index in [9.17, 15) is 4.79 Å². The standard InChI is InChI=1S/C24H19BrN2O2/c1-16-7-9-17(10-8-16)15-22-24(28)27(18-11-13-19(29-2)14-12-18)23(26-22)20-5-3-4-6-21(20)25/h3-15H,1-2H3/b22-15+. The molecule has 0 bridgehead atoms. The number of nitrogens with zero attached hydrogens (tertiary/aromatic N) is 2. The predicted molar refractivity (Wildman–Crippen MR) is 120 cm³/mol. The number of hydrogen-bond acceptors (Lipinski definition) is 3. The SMILES string of the molecule is COc1ccc(N2C(=O)/C(=C\c3ccc(C)cc3)N=C2c2ccccc2Br)cc1. The highest BCUT2D eigenvalue weighted by Crippen LogP contribution is 2.31. The second kappa shape index (κ2) is 8.05. The van der Waals surface area contributed by atoms with Gasteiger partial charge < -0.3 is 4.74 Å². The molecular weight excluding hydrogens is 428 g/mol. The summed E-state index contributed by atoms with van der Waals surface area (Å²) in [5.41, 5.74) is 4.09. The van der Waals surface area contributed by atoms with Crippen molar-refractivity contribution >= 4 is 39.4 Å². The Bertz CT molecular complexity index is 1120. The van der Waals surface area contributed by atoms with Gasteiger partial charge in [-0.3, -0.25) is 9.69 Å². The van der Waals surface area contributed by atoms with Gasteiger partial charge in [0.05, 0.1) is 12.8 Å². The van der Waals surface area contributed by atoms with Gasteiger partial charge in [0.15, 0.2) is 0 Å². The first-order valence-electron chi connectivity index (χ1n) is 9.17. The van der Waals surface area contributed by atoms with Crippen LogP contribution in [0.15, 0.2) is 88.0 Å². The number of aryl methyl sites for hydroxylation is 1. The maximum absolute atomic E-state index is 13.3. The topological polar surface area (TPSA) is 41.9 Å². The summed E-state index contributed by atoms with van der Waals surface area (Å²) in [6.45, 7) is 2.03. The van der Waals surface area contributed by atoms with Gasteiger partial charge in [-0.25, -0.2) is 4.99 Å². The zero-order valence-corrected chi connectivity index (χ0v) is 17.7. The fourth-order valence-electron chi connectivity index (χ4n) is 3.13. The van der Waals surface area contributed by atoms with E-state index < -0.39 is 0 Å². The van der Waals surface area contributed by atoms with Crippen LogP contribution < -0.4 is 9.64 Å². The Morgan fingerprint density at radius 1 is 0.966 bits per heavy atom. The third kappa shape index (κ3) is 3.87. The number of aliphatic imine (C=N–C) groups is 1. The van der Waals surface area contributed by atoms with Crippen LogP contribution in [0.1, 0.15) is 16.7 Å². The van der Waals surface area contributed by atoms with Crippen molar-refractivity contribution in [1.29, 1.82) is 0 Å². The third-order valence-corrected chi connectivity index (χ3v) is 5.38.